The van der Waals surface area contributed by atoms with Crippen LogP contribution >= 0.6 is 22.6 Å². The number of imide groups is 1. The number of carboxylic acid groups (broad SMARTS) is 4. The summed E-state index contributed by atoms with van der Waals surface area (Å²) in [5, 5.41) is 43.2. The van der Waals surface area contributed by atoms with Gasteiger partial charge in [-0.15, -0.1) is 5.06 Å². The van der Waals surface area contributed by atoms with Crippen LogP contribution in [0.25, 0.3) is 0 Å². The number of amides is 7. The number of rotatable bonds is 23. The van der Waals surface area contributed by atoms with Gasteiger partial charge in [-0.3, -0.25) is 47.9 Å². The minimum absolute atomic E-state index is 0.130. The summed E-state index contributed by atoms with van der Waals surface area (Å²) in [5.74, 6) is -14.6. The number of nitrogens with zero attached hydrogens (tertiary/aromatic N) is 4. The number of carbonyl (C=O) groups excluding carboxylic acids is 8. The number of unbranched alkanes of at least 4 members (excludes halogenated alkanes) is 1. The number of hydrogen-bond acceptors (Lipinski definition) is 13. The molecule has 61 heavy (non-hydrogen) atoms. The summed E-state index contributed by atoms with van der Waals surface area (Å²) in [6.45, 7) is -6.81. The Morgan fingerprint density at radius 3 is 1.77 bits per heavy atom. The quantitative estimate of drug-likeness (QED) is 0.0444. The molecule has 0 radical (unpaired) electrons. The zero-order valence-electron chi connectivity index (χ0n) is 31.9. The average molecular weight is 967 g/mol. The molecule has 1 fully saturated rings. The van der Waals surface area contributed by atoms with Crippen LogP contribution in [0, 0.1) is 3.57 Å². The summed E-state index contributed by atoms with van der Waals surface area (Å²) in [6, 6.07) is 9.61. The van der Waals surface area contributed by atoms with Gasteiger partial charge < -0.3 is 50.6 Å². The van der Waals surface area contributed by atoms with E-state index in [1.54, 1.807) is 24.3 Å². The second-order valence-electron chi connectivity index (χ2n) is 13.1. The molecule has 6 N–H and O–H groups in total. The molecule has 23 nitrogen and oxygen atoms in total. The van der Waals surface area contributed by atoms with E-state index in [1.807, 2.05) is 22.6 Å². The number of carbonyl (C=O) groups is 12. The third-order valence-corrected chi connectivity index (χ3v) is 9.08. The minimum atomic E-state index is -1.69. The van der Waals surface area contributed by atoms with E-state index in [-0.39, 0.29) is 48.8 Å². The van der Waals surface area contributed by atoms with Crippen molar-refractivity contribution in [2.45, 2.75) is 38.1 Å². The first kappa shape index (κ1) is 48.4. The molecule has 0 bridgehead atoms. The Labute approximate surface area is 358 Å². The Hall–Kier alpha value is -6.99. The van der Waals surface area contributed by atoms with Gasteiger partial charge in [0.05, 0.1) is 5.56 Å². The van der Waals surface area contributed by atoms with E-state index < -0.39 is 116 Å². The van der Waals surface area contributed by atoms with Crippen LogP contribution in [0.15, 0.2) is 48.5 Å². The van der Waals surface area contributed by atoms with E-state index in [1.165, 1.54) is 0 Å². The van der Waals surface area contributed by atoms with Gasteiger partial charge in [-0.1, -0.05) is 12.1 Å². The van der Waals surface area contributed by atoms with Gasteiger partial charge in [-0.2, -0.15) is 0 Å². The maximum atomic E-state index is 13.4. The topological polar surface area (TPSA) is 332 Å². The van der Waals surface area contributed by atoms with Crippen molar-refractivity contribution in [1.29, 1.82) is 0 Å². The van der Waals surface area contributed by atoms with Crippen molar-refractivity contribution < 1.29 is 82.8 Å². The third kappa shape index (κ3) is 15.6. The molecule has 1 heterocycles. The average Bonchev–Trinajstić information content (AvgIpc) is 3.50. The SMILES string of the molecule is O=C(O)CN(CC(=O)N[C@H](CCCCNC(=O)c1cccc(I)c1)C(=O)O)C(=O)CN(CC(=O)O)C(=O)CN(CC(=O)O)C(=O)c1cccc(C(=O)ON2C(=O)CCC2=O)c1. The van der Waals surface area contributed by atoms with E-state index in [0.29, 0.717) is 26.7 Å². The molecule has 0 aromatic heterocycles. The van der Waals surface area contributed by atoms with Gasteiger partial charge in [0.15, 0.2) is 0 Å². The third-order valence-electron chi connectivity index (χ3n) is 8.41. The highest BCUT2D eigenvalue weighted by molar-refractivity contribution is 14.1. The largest absolute Gasteiger partial charge is 0.480 e. The molecule has 7 amide bonds. The fourth-order valence-electron chi connectivity index (χ4n) is 5.51. The van der Waals surface area contributed by atoms with Crippen molar-refractivity contribution in [3.63, 3.8) is 0 Å². The maximum Gasteiger partial charge on any atom is 0.363 e. The first-order valence-electron chi connectivity index (χ1n) is 18.0. The lowest BCUT2D eigenvalue weighted by Crippen LogP contribution is -2.52. The highest BCUT2D eigenvalue weighted by Gasteiger charge is 2.34. The molecule has 2 aromatic rings. The Balaban J connectivity index is 1.67. The van der Waals surface area contributed by atoms with Gasteiger partial charge in [-0.05, 0) is 78.3 Å². The van der Waals surface area contributed by atoms with Crippen molar-refractivity contribution in [2.75, 3.05) is 45.8 Å². The summed E-state index contributed by atoms with van der Waals surface area (Å²) >= 11 is 2.05. The summed E-state index contributed by atoms with van der Waals surface area (Å²) in [7, 11) is 0. The van der Waals surface area contributed by atoms with E-state index in [0.717, 1.165) is 27.8 Å². The van der Waals surface area contributed by atoms with Crippen LogP contribution in [-0.2, 0) is 48.0 Å². The Bertz CT molecular complexity index is 2080. The van der Waals surface area contributed by atoms with Gasteiger partial charge in [0, 0.05) is 34.1 Å². The maximum absolute atomic E-state index is 13.4. The fourth-order valence-corrected chi connectivity index (χ4v) is 6.06. The number of hydrogen-bond donors (Lipinski definition) is 6. The highest BCUT2D eigenvalue weighted by atomic mass is 127. The standard InChI is InChI=1S/C37H39IN6O17/c38-24-8-4-5-21(14-24)34(56)39-12-2-1-9-25(36(58)59)40-26(45)15-41(18-31(50)51)29(48)16-42(19-32(52)53)30(49)17-43(20-33(54)55)35(57)22-6-3-7-23(13-22)37(60)61-44-27(46)10-11-28(44)47/h3-8,13-14,25H,1-2,9-12,15-20H2,(H,39,56)(H,40,45)(H,50,51)(H,52,53)(H,54,55)(H,58,59)/t25-/m1/s1. The molecule has 1 aliphatic rings. The van der Waals surface area contributed by atoms with Crippen LogP contribution in [0.5, 0.6) is 0 Å². The predicted octanol–water partition coefficient (Wildman–Crippen LogP) is -0.965. The van der Waals surface area contributed by atoms with Crippen LogP contribution < -0.4 is 10.6 Å². The molecule has 326 valence electrons. The Kier molecular flexibility index (Phi) is 18.2. The molecular formula is C37H39IN6O17. The molecular weight excluding hydrogens is 927 g/mol. The molecule has 1 aliphatic heterocycles. The number of benzene rings is 2. The zero-order valence-corrected chi connectivity index (χ0v) is 34.1. The summed E-state index contributed by atoms with van der Waals surface area (Å²) in [4.78, 5) is 155. The van der Waals surface area contributed by atoms with Gasteiger partial charge in [-0.25, -0.2) is 9.59 Å². The van der Waals surface area contributed by atoms with E-state index in [4.69, 9.17) is 4.84 Å². The van der Waals surface area contributed by atoms with Crippen LogP contribution in [0.3, 0.4) is 0 Å². The Morgan fingerprint density at radius 2 is 1.20 bits per heavy atom. The lowest BCUT2D eigenvalue weighted by atomic mass is 10.1. The van der Waals surface area contributed by atoms with Crippen LogP contribution in [0.2, 0.25) is 0 Å². The minimum Gasteiger partial charge on any atom is -0.480 e. The van der Waals surface area contributed by atoms with Crippen molar-refractivity contribution in [1.82, 2.24) is 30.4 Å². The number of nitrogens with one attached hydrogen (secondary N) is 2. The molecule has 0 spiro atoms. The van der Waals surface area contributed by atoms with Gasteiger partial charge in [0.1, 0.15) is 45.3 Å². The predicted molar refractivity (Wildman–Crippen MR) is 210 cm³/mol. The number of aliphatic carboxylic acids is 4. The first-order chi connectivity index (χ1) is 28.7. The van der Waals surface area contributed by atoms with Crippen LogP contribution in [0.1, 0.15) is 63.2 Å². The lowest BCUT2D eigenvalue weighted by Gasteiger charge is -2.28. The van der Waals surface area contributed by atoms with Crippen LogP contribution in [0.4, 0.5) is 0 Å². The highest BCUT2D eigenvalue weighted by Crippen LogP contribution is 2.16. The first-order valence-corrected chi connectivity index (χ1v) is 19.1. The molecule has 2 aromatic carbocycles. The molecule has 1 atom stereocenters. The van der Waals surface area contributed by atoms with Crippen molar-refractivity contribution >= 4 is 93.8 Å². The fraction of sp³-hybridized carbons (Fsp3) is 0.351. The summed E-state index contributed by atoms with van der Waals surface area (Å²) in [6.07, 6.45) is -0.0122. The van der Waals surface area contributed by atoms with Gasteiger partial charge >= 0.3 is 29.8 Å². The van der Waals surface area contributed by atoms with Crippen molar-refractivity contribution in [3.05, 3.63) is 68.8 Å². The normalized spacial score (nSPS) is 12.4. The molecule has 1 saturated heterocycles. The van der Waals surface area contributed by atoms with Gasteiger partial charge in [0.25, 0.3) is 23.6 Å². The van der Waals surface area contributed by atoms with Crippen molar-refractivity contribution in [2.24, 2.45) is 0 Å². The second kappa shape index (κ2) is 23.0. The zero-order chi connectivity index (χ0) is 45.4. The number of carboxylic acids is 4. The van der Waals surface area contributed by atoms with Gasteiger partial charge in [0.2, 0.25) is 17.7 Å². The number of hydroxylamine groups is 2. The number of halogens is 1. The summed E-state index contributed by atoms with van der Waals surface area (Å²) in [5.41, 5.74) is -0.339. The molecule has 24 heteroatoms. The lowest BCUT2D eigenvalue weighted by molar-refractivity contribution is -0.172. The monoisotopic (exact) mass is 966 g/mol. The molecule has 0 saturated carbocycles. The van der Waals surface area contributed by atoms with E-state index >= 15 is 0 Å². The van der Waals surface area contributed by atoms with Crippen molar-refractivity contribution in [3.8, 4) is 0 Å². The smallest absolute Gasteiger partial charge is 0.363 e. The molecule has 0 aliphatic carbocycles. The molecule has 3 rings (SSSR count). The van der Waals surface area contributed by atoms with E-state index in [2.05, 4.69) is 10.6 Å². The molecule has 0 unspecified atom stereocenters. The second-order valence-corrected chi connectivity index (χ2v) is 14.3. The van der Waals surface area contributed by atoms with Crippen LogP contribution in [-0.4, -0.2) is 163 Å². The van der Waals surface area contributed by atoms with E-state index in [9.17, 15) is 78.0 Å². The Morgan fingerprint density at radius 1 is 0.672 bits per heavy atom. The summed E-state index contributed by atoms with van der Waals surface area (Å²) < 4.78 is 0.844.